The third-order valence-electron chi connectivity index (χ3n) is 4.33. The van der Waals surface area contributed by atoms with Crippen molar-refractivity contribution in [3.05, 3.63) is 20.8 Å². The highest BCUT2D eigenvalue weighted by atomic mass is 79.9. The molecule has 1 saturated carbocycles. The standard InChI is InChI=1S/C15H20BrNO3S/c1-9(11-6-7-12(16)21-11)13(18)17-15(2)8-4-3-5-10(15)14(19)20/h6-7,9-10H,3-5,8H2,1-2H3,(H,17,18)(H,19,20). The first-order valence-electron chi connectivity index (χ1n) is 7.13. The second-order valence-electron chi connectivity index (χ2n) is 5.91. The Labute approximate surface area is 137 Å². The number of hydrogen-bond acceptors (Lipinski definition) is 3. The SMILES string of the molecule is CC(C(=O)NC1(C)CCCCC1C(=O)O)c1ccc(Br)s1. The number of thiophene rings is 1. The van der Waals surface area contributed by atoms with Gasteiger partial charge in [0.2, 0.25) is 5.91 Å². The molecule has 0 bridgehead atoms. The Morgan fingerprint density at radius 1 is 1.48 bits per heavy atom. The zero-order valence-electron chi connectivity index (χ0n) is 12.2. The summed E-state index contributed by atoms with van der Waals surface area (Å²) in [7, 11) is 0. The van der Waals surface area contributed by atoms with Gasteiger partial charge in [0.1, 0.15) is 0 Å². The van der Waals surface area contributed by atoms with Gasteiger partial charge < -0.3 is 10.4 Å². The molecule has 1 aliphatic rings. The van der Waals surface area contributed by atoms with Crippen LogP contribution in [0.15, 0.2) is 15.9 Å². The quantitative estimate of drug-likeness (QED) is 0.843. The van der Waals surface area contributed by atoms with Crippen LogP contribution in [0.5, 0.6) is 0 Å². The van der Waals surface area contributed by atoms with Crippen LogP contribution in [0.2, 0.25) is 0 Å². The third kappa shape index (κ3) is 3.66. The van der Waals surface area contributed by atoms with E-state index in [4.69, 9.17) is 0 Å². The molecule has 2 N–H and O–H groups in total. The highest BCUT2D eigenvalue weighted by molar-refractivity contribution is 9.11. The van der Waals surface area contributed by atoms with E-state index in [1.54, 1.807) is 0 Å². The molecule has 1 aromatic heterocycles. The molecule has 4 nitrogen and oxygen atoms in total. The summed E-state index contributed by atoms with van der Waals surface area (Å²) in [5, 5.41) is 12.4. The van der Waals surface area contributed by atoms with Gasteiger partial charge in [0.05, 0.1) is 21.2 Å². The predicted octanol–water partition coefficient (Wildman–Crippen LogP) is 3.76. The highest BCUT2D eigenvalue weighted by Crippen LogP contribution is 2.35. The third-order valence-corrected chi connectivity index (χ3v) is 6.14. The van der Waals surface area contributed by atoms with E-state index < -0.39 is 17.4 Å². The van der Waals surface area contributed by atoms with Gasteiger partial charge in [-0.3, -0.25) is 9.59 Å². The Morgan fingerprint density at radius 2 is 2.19 bits per heavy atom. The molecule has 0 saturated heterocycles. The molecule has 3 unspecified atom stereocenters. The number of carbonyl (C=O) groups is 2. The van der Waals surface area contributed by atoms with E-state index in [1.165, 1.54) is 11.3 Å². The van der Waals surface area contributed by atoms with E-state index in [1.807, 2.05) is 26.0 Å². The number of nitrogens with one attached hydrogen (secondary N) is 1. The maximum atomic E-state index is 12.5. The van der Waals surface area contributed by atoms with Crippen LogP contribution >= 0.6 is 27.3 Å². The molecule has 1 fully saturated rings. The Kier molecular flexibility index (Phi) is 5.09. The van der Waals surface area contributed by atoms with Crippen molar-refractivity contribution in [1.82, 2.24) is 5.32 Å². The van der Waals surface area contributed by atoms with Gasteiger partial charge in [-0.15, -0.1) is 11.3 Å². The summed E-state index contributed by atoms with van der Waals surface area (Å²) in [6, 6.07) is 3.85. The number of amides is 1. The van der Waals surface area contributed by atoms with Crippen LogP contribution < -0.4 is 5.32 Å². The van der Waals surface area contributed by atoms with Gasteiger partial charge in [0, 0.05) is 4.88 Å². The average molecular weight is 374 g/mol. The molecule has 0 aliphatic heterocycles. The van der Waals surface area contributed by atoms with E-state index in [0.29, 0.717) is 6.42 Å². The van der Waals surface area contributed by atoms with Crippen LogP contribution in [0.1, 0.15) is 50.3 Å². The van der Waals surface area contributed by atoms with Crippen LogP contribution in [0.25, 0.3) is 0 Å². The molecule has 1 aromatic rings. The van der Waals surface area contributed by atoms with Gasteiger partial charge in [-0.05, 0) is 54.8 Å². The fraction of sp³-hybridized carbons (Fsp3) is 0.600. The molecule has 0 spiro atoms. The Balaban J connectivity index is 2.11. The molecule has 2 rings (SSSR count). The molecule has 21 heavy (non-hydrogen) atoms. The zero-order chi connectivity index (χ0) is 15.6. The van der Waals surface area contributed by atoms with E-state index in [9.17, 15) is 14.7 Å². The van der Waals surface area contributed by atoms with Gasteiger partial charge in [-0.1, -0.05) is 12.8 Å². The van der Waals surface area contributed by atoms with Crippen molar-refractivity contribution < 1.29 is 14.7 Å². The van der Waals surface area contributed by atoms with Crippen molar-refractivity contribution in [2.45, 2.75) is 51.0 Å². The second-order valence-corrected chi connectivity index (χ2v) is 8.40. The Bertz CT molecular complexity index is 545. The Hall–Kier alpha value is -0.880. The van der Waals surface area contributed by atoms with Crippen LogP contribution in [-0.2, 0) is 9.59 Å². The smallest absolute Gasteiger partial charge is 0.308 e. The van der Waals surface area contributed by atoms with E-state index in [2.05, 4.69) is 21.2 Å². The first-order valence-corrected chi connectivity index (χ1v) is 8.74. The van der Waals surface area contributed by atoms with Crippen LogP contribution in [-0.4, -0.2) is 22.5 Å². The normalized spacial score (nSPS) is 27.1. The van der Waals surface area contributed by atoms with Gasteiger partial charge in [0.15, 0.2) is 0 Å². The summed E-state index contributed by atoms with van der Waals surface area (Å²) in [5.41, 5.74) is -0.649. The van der Waals surface area contributed by atoms with Crippen LogP contribution in [0.4, 0.5) is 0 Å². The molecule has 116 valence electrons. The van der Waals surface area contributed by atoms with Crippen molar-refractivity contribution in [3.63, 3.8) is 0 Å². The lowest BCUT2D eigenvalue weighted by Gasteiger charge is -2.40. The van der Waals surface area contributed by atoms with E-state index in [-0.39, 0.29) is 11.8 Å². The predicted molar refractivity (Wildman–Crippen MR) is 86.6 cm³/mol. The summed E-state index contributed by atoms with van der Waals surface area (Å²) in [4.78, 5) is 24.9. The number of rotatable bonds is 4. The molecular formula is C15H20BrNO3S. The van der Waals surface area contributed by atoms with Gasteiger partial charge in [0.25, 0.3) is 0 Å². The fourth-order valence-electron chi connectivity index (χ4n) is 2.96. The summed E-state index contributed by atoms with van der Waals surface area (Å²) in [5.74, 6) is -1.68. The number of hydrogen-bond donors (Lipinski definition) is 2. The lowest BCUT2D eigenvalue weighted by atomic mass is 9.73. The lowest BCUT2D eigenvalue weighted by Crippen LogP contribution is -2.56. The minimum absolute atomic E-state index is 0.0972. The maximum absolute atomic E-state index is 12.5. The van der Waals surface area contributed by atoms with Crippen molar-refractivity contribution in [2.75, 3.05) is 0 Å². The maximum Gasteiger partial charge on any atom is 0.308 e. The van der Waals surface area contributed by atoms with E-state index >= 15 is 0 Å². The van der Waals surface area contributed by atoms with Gasteiger partial charge in [-0.2, -0.15) is 0 Å². The molecule has 6 heteroatoms. The van der Waals surface area contributed by atoms with Crippen LogP contribution in [0, 0.1) is 5.92 Å². The molecule has 1 aliphatic carbocycles. The Morgan fingerprint density at radius 3 is 2.76 bits per heavy atom. The van der Waals surface area contributed by atoms with Crippen LogP contribution in [0.3, 0.4) is 0 Å². The molecule has 3 atom stereocenters. The summed E-state index contributed by atoms with van der Waals surface area (Å²) in [6.07, 6.45) is 3.22. The van der Waals surface area contributed by atoms with Crippen molar-refractivity contribution in [2.24, 2.45) is 5.92 Å². The highest BCUT2D eigenvalue weighted by Gasteiger charge is 2.42. The fourth-order valence-corrected chi connectivity index (χ4v) is 4.43. The van der Waals surface area contributed by atoms with Crippen molar-refractivity contribution in [1.29, 1.82) is 0 Å². The molecule has 1 amide bonds. The summed E-state index contributed by atoms with van der Waals surface area (Å²) < 4.78 is 0.990. The number of carboxylic acids is 1. The minimum atomic E-state index is -0.816. The van der Waals surface area contributed by atoms with E-state index in [0.717, 1.165) is 27.9 Å². The topological polar surface area (TPSA) is 66.4 Å². The molecular weight excluding hydrogens is 354 g/mol. The van der Waals surface area contributed by atoms with Gasteiger partial charge >= 0.3 is 5.97 Å². The molecule has 0 aromatic carbocycles. The molecule has 1 heterocycles. The number of carbonyl (C=O) groups excluding carboxylic acids is 1. The molecule has 0 radical (unpaired) electrons. The monoisotopic (exact) mass is 373 g/mol. The summed E-state index contributed by atoms with van der Waals surface area (Å²) in [6.45, 7) is 3.72. The number of carboxylic acid groups (broad SMARTS) is 1. The first kappa shape index (κ1) is 16.5. The zero-order valence-corrected chi connectivity index (χ0v) is 14.6. The minimum Gasteiger partial charge on any atom is -0.481 e. The number of aliphatic carboxylic acids is 1. The largest absolute Gasteiger partial charge is 0.481 e. The lowest BCUT2D eigenvalue weighted by molar-refractivity contribution is -0.146. The second kappa shape index (κ2) is 6.48. The summed E-state index contributed by atoms with van der Waals surface area (Å²) >= 11 is 4.93. The van der Waals surface area contributed by atoms with Crippen molar-refractivity contribution >= 4 is 39.1 Å². The van der Waals surface area contributed by atoms with Gasteiger partial charge in [-0.25, -0.2) is 0 Å². The average Bonchev–Trinajstić information content (AvgIpc) is 2.84. The first-order chi connectivity index (χ1) is 9.83. The van der Waals surface area contributed by atoms with Crippen molar-refractivity contribution in [3.8, 4) is 0 Å². The number of halogens is 1.